The molecule has 2 rings (SSSR count). The number of carbonyl (C=O) groups is 1. The predicted octanol–water partition coefficient (Wildman–Crippen LogP) is 1.21. The third kappa shape index (κ3) is 2.15. The first-order valence-electron chi connectivity index (χ1n) is 4.96. The number of ether oxygens (including phenoxy) is 2. The van der Waals surface area contributed by atoms with E-state index in [-0.39, 0.29) is 6.42 Å². The summed E-state index contributed by atoms with van der Waals surface area (Å²) in [4.78, 5) is 17.7. The Morgan fingerprint density at radius 2 is 2.00 bits per heavy atom. The molecule has 0 aliphatic heterocycles. The van der Waals surface area contributed by atoms with E-state index in [0.717, 1.165) is 5.52 Å². The van der Waals surface area contributed by atoms with Crippen LogP contribution in [0, 0.1) is 0 Å². The molecule has 0 unspecified atom stereocenters. The Balaban J connectivity index is 2.49. The second kappa shape index (κ2) is 4.32. The maximum absolute atomic E-state index is 10.6. The van der Waals surface area contributed by atoms with Gasteiger partial charge in [-0.2, -0.15) is 0 Å². The lowest BCUT2D eigenvalue weighted by molar-refractivity contribution is -0.136. The fourth-order valence-corrected chi connectivity index (χ4v) is 1.62. The van der Waals surface area contributed by atoms with Gasteiger partial charge in [-0.05, 0) is 0 Å². The van der Waals surface area contributed by atoms with Gasteiger partial charge in [0.2, 0.25) is 0 Å². The number of fused-ring (bicyclic) bond motifs is 1. The van der Waals surface area contributed by atoms with E-state index in [1.807, 2.05) is 0 Å². The molecule has 0 fully saturated rings. The SMILES string of the molecule is COc1cc2nc(CC(=O)O)[nH]c2cc1OC. The van der Waals surface area contributed by atoms with Crippen LogP contribution in [0.4, 0.5) is 0 Å². The molecule has 0 spiro atoms. The van der Waals surface area contributed by atoms with E-state index in [2.05, 4.69) is 9.97 Å². The zero-order valence-corrected chi connectivity index (χ0v) is 9.48. The number of imidazole rings is 1. The highest BCUT2D eigenvalue weighted by atomic mass is 16.5. The molecular formula is C11H12N2O4. The number of rotatable bonds is 4. The molecule has 0 atom stereocenters. The van der Waals surface area contributed by atoms with Gasteiger partial charge in [-0.25, -0.2) is 4.98 Å². The third-order valence-corrected chi connectivity index (χ3v) is 2.35. The predicted molar refractivity (Wildman–Crippen MR) is 60.5 cm³/mol. The molecule has 6 heteroatoms. The van der Waals surface area contributed by atoms with E-state index >= 15 is 0 Å². The molecule has 6 nitrogen and oxygen atoms in total. The summed E-state index contributed by atoms with van der Waals surface area (Å²) in [6, 6.07) is 3.43. The van der Waals surface area contributed by atoms with Crippen LogP contribution >= 0.6 is 0 Å². The number of benzene rings is 1. The Bertz CT molecular complexity index is 521. The van der Waals surface area contributed by atoms with Crippen LogP contribution in [0.2, 0.25) is 0 Å². The topological polar surface area (TPSA) is 84.4 Å². The van der Waals surface area contributed by atoms with Crippen LogP contribution in [0.5, 0.6) is 11.5 Å². The standard InChI is InChI=1S/C11H12N2O4/c1-16-8-3-6-7(4-9(8)17-2)13-10(12-6)5-11(14)15/h3-4H,5H2,1-2H3,(H,12,13)(H,14,15). The smallest absolute Gasteiger partial charge is 0.311 e. The van der Waals surface area contributed by atoms with Gasteiger partial charge in [0.1, 0.15) is 12.2 Å². The molecule has 2 N–H and O–H groups in total. The Kier molecular flexibility index (Phi) is 2.86. The monoisotopic (exact) mass is 236 g/mol. The Morgan fingerprint density at radius 1 is 1.35 bits per heavy atom. The average Bonchev–Trinajstić information content (AvgIpc) is 2.66. The van der Waals surface area contributed by atoms with Crippen molar-refractivity contribution in [3.8, 4) is 11.5 Å². The van der Waals surface area contributed by atoms with Crippen molar-refractivity contribution in [3.63, 3.8) is 0 Å². The van der Waals surface area contributed by atoms with Gasteiger partial charge in [-0.1, -0.05) is 0 Å². The molecule has 0 amide bonds. The Morgan fingerprint density at radius 3 is 2.59 bits per heavy atom. The van der Waals surface area contributed by atoms with Crippen molar-refractivity contribution in [2.45, 2.75) is 6.42 Å². The van der Waals surface area contributed by atoms with Gasteiger partial charge in [0.05, 0.1) is 25.3 Å². The van der Waals surface area contributed by atoms with Gasteiger partial charge < -0.3 is 19.6 Å². The number of carboxylic acids is 1. The van der Waals surface area contributed by atoms with Crippen molar-refractivity contribution in [2.24, 2.45) is 0 Å². The summed E-state index contributed by atoms with van der Waals surface area (Å²) >= 11 is 0. The summed E-state index contributed by atoms with van der Waals surface area (Å²) in [6.07, 6.45) is -0.140. The fourth-order valence-electron chi connectivity index (χ4n) is 1.62. The quantitative estimate of drug-likeness (QED) is 0.833. The molecule has 17 heavy (non-hydrogen) atoms. The molecule has 90 valence electrons. The van der Waals surface area contributed by atoms with Gasteiger partial charge in [0.25, 0.3) is 0 Å². The third-order valence-electron chi connectivity index (χ3n) is 2.35. The average molecular weight is 236 g/mol. The van der Waals surface area contributed by atoms with Crippen LogP contribution in [-0.2, 0) is 11.2 Å². The normalized spacial score (nSPS) is 10.5. The maximum Gasteiger partial charge on any atom is 0.311 e. The molecule has 0 saturated carbocycles. The highest BCUT2D eigenvalue weighted by Gasteiger charge is 2.11. The van der Waals surface area contributed by atoms with E-state index < -0.39 is 5.97 Å². The lowest BCUT2D eigenvalue weighted by Gasteiger charge is -2.06. The maximum atomic E-state index is 10.6. The zero-order valence-electron chi connectivity index (χ0n) is 9.48. The molecule has 1 aromatic heterocycles. The first-order chi connectivity index (χ1) is 8.13. The van der Waals surface area contributed by atoms with Crippen LogP contribution in [-0.4, -0.2) is 35.3 Å². The van der Waals surface area contributed by atoms with Gasteiger partial charge in [-0.3, -0.25) is 4.79 Å². The van der Waals surface area contributed by atoms with Gasteiger partial charge in [-0.15, -0.1) is 0 Å². The van der Waals surface area contributed by atoms with Gasteiger partial charge >= 0.3 is 5.97 Å². The van der Waals surface area contributed by atoms with Crippen molar-refractivity contribution in [3.05, 3.63) is 18.0 Å². The number of aromatic amines is 1. The number of nitrogens with zero attached hydrogens (tertiary/aromatic N) is 1. The van der Waals surface area contributed by atoms with E-state index in [1.54, 1.807) is 12.1 Å². The highest BCUT2D eigenvalue weighted by molar-refractivity contribution is 5.81. The minimum absolute atomic E-state index is 0.140. The van der Waals surface area contributed by atoms with Crippen LogP contribution in [0.25, 0.3) is 11.0 Å². The first kappa shape index (κ1) is 11.3. The first-order valence-corrected chi connectivity index (χ1v) is 4.96. The second-order valence-corrected chi connectivity index (χ2v) is 3.48. The summed E-state index contributed by atoms with van der Waals surface area (Å²) in [6.45, 7) is 0. The number of aliphatic carboxylic acids is 1. The molecule has 0 aliphatic rings. The number of aromatic nitrogens is 2. The minimum atomic E-state index is -0.928. The van der Waals surface area contributed by atoms with Gasteiger partial charge in [0.15, 0.2) is 11.5 Å². The number of methoxy groups -OCH3 is 2. The fraction of sp³-hybridized carbons (Fsp3) is 0.273. The van der Waals surface area contributed by atoms with Crippen LogP contribution in [0.3, 0.4) is 0 Å². The summed E-state index contributed by atoms with van der Waals surface area (Å²) in [5.74, 6) is 0.615. The second-order valence-electron chi connectivity index (χ2n) is 3.48. The largest absolute Gasteiger partial charge is 0.493 e. The summed E-state index contributed by atoms with van der Waals surface area (Å²) in [7, 11) is 3.08. The summed E-state index contributed by atoms with van der Waals surface area (Å²) in [5.41, 5.74) is 1.37. The lowest BCUT2D eigenvalue weighted by atomic mass is 10.3. The van der Waals surface area contributed by atoms with Crippen LogP contribution < -0.4 is 9.47 Å². The van der Waals surface area contributed by atoms with Gasteiger partial charge in [0, 0.05) is 12.1 Å². The number of H-pyrrole nitrogens is 1. The molecule has 0 aliphatic carbocycles. The molecule has 0 saturated heterocycles. The van der Waals surface area contributed by atoms with Crippen molar-refractivity contribution in [1.82, 2.24) is 9.97 Å². The zero-order chi connectivity index (χ0) is 12.4. The van der Waals surface area contributed by atoms with Crippen LogP contribution in [0.1, 0.15) is 5.82 Å². The van der Waals surface area contributed by atoms with Crippen molar-refractivity contribution >= 4 is 17.0 Å². The van der Waals surface area contributed by atoms with E-state index in [1.165, 1.54) is 14.2 Å². The Labute approximate surface area is 97.2 Å². The Hall–Kier alpha value is -2.24. The summed E-state index contributed by atoms with van der Waals surface area (Å²) in [5, 5.41) is 8.68. The van der Waals surface area contributed by atoms with E-state index in [4.69, 9.17) is 14.6 Å². The number of nitrogens with one attached hydrogen (secondary N) is 1. The molecule has 1 aromatic carbocycles. The number of carboxylic acid groups (broad SMARTS) is 1. The van der Waals surface area contributed by atoms with Crippen molar-refractivity contribution < 1.29 is 19.4 Å². The minimum Gasteiger partial charge on any atom is -0.493 e. The van der Waals surface area contributed by atoms with Crippen molar-refractivity contribution in [1.29, 1.82) is 0 Å². The molecule has 1 heterocycles. The summed E-state index contributed by atoms with van der Waals surface area (Å²) < 4.78 is 10.3. The van der Waals surface area contributed by atoms with E-state index in [0.29, 0.717) is 22.8 Å². The number of hydrogen-bond donors (Lipinski definition) is 2. The van der Waals surface area contributed by atoms with E-state index in [9.17, 15) is 4.79 Å². The van der Waals surface area contributed by atoms with Crippen molar-refractivity contribution in [2.75, 3.05) is 14.2 Å². The highest BCUT2D eigenvalue weighted by Crippen LogP contribution is 2.30. The molecule has 2 aromatic rings. The molecule has 0 radical (unpaired) electrons. The molecule has 0 bridgehead atoms. The lowest BCUT2D eigenvalue weighted by Crippen LogP contribution is -2.01. The molecular weight excluding hydrogens is 224 g/mol. The van der Waals surface area contributed by atoms with Crippen LogP contribution in [0.15, 0.2) is 12.1 Å². The number of hydrogen-bond acceptors (Lipinski definition) is 4.